The van der Waals surface area contributed by atoms with E-state index >= 15 is 0 Å². The summed E-state index contributed by atoms with van der Waals surface area (Å²) in [5.74, 6) is 1.54. The highest BCUT2D eigenvalue weighted by Crippen LogP contribution is 2.32. The van der Waals surface area contributed by atoms with Crippen LogP contribution >= 0.6 is 0 Å². The van der Waals surface area contributed by atoms with E-state index in [-0.39, 0.29) is 5.91 Å². The standard InChI is InChI=1S/C19H28N2O3/c1-23-8-9-24-18-6-2-14(3-7-18)13-20-19(22)12-15-10-16-4-5-17(11-15)21-16/h2-3,6-7,15-17,21H,4-5,8-13H2,1H3,(H,20,22). The van der Waals surface area contributed by atoms with Gasteiger partial charge in [0.15, 0.2) is 0 Å². The topological polar surface area (TPSA) is 59.6 Å². The summed E-state index contributed by atoms with van der Waals surface area (Å²) in [4.78, 5) is 12.2. The molecule has 2 bridgehead atoms. The highest BCUT2D eigenvalue weighted by molar-refractivity contribution is 5.76. The molecule has 1 amide bonds. The van der Waals surface area contributed by atoms with Gasteiger partial charge >= 0.3 is 0 Å². The normalized spacial score (nSPS) is 25.5. The molecule has 3 rings (SSSR count). The van der Waals surface area contributed by atoms with E-state index in [9.17, 15) is 4.79 Å². The SMILES string of the molecule is COCCOc1ccc(CNC(=O)CC2CC3CCC(C2)N3)cc1. The van der Waals surface area contributed by atoms with Crippen molar-refractivity contribution in [2.24, 2.45) is 5.92 Å². The highest BCUT2D eigenvalue weighted by Gasteiger charge is 2.34. The van der Waals surface area contributed by atoms with Gasteiger partial charge in [0, 0.05) is 32.2 Å². The maximum Gasteiger partial charge on any atom is 0.220 e. The molecule has 2 aliphatic heterocycles. The van der Waals surface area contributed by atoms with Gasteiger partial charge < -0.3 is 20.1 Å². The number of amides is 1. The second-order valence-corrected chi connectivity index (χ2v) is 6.94. The number of rotatable bonds is 8. The minimum atomic E-state index is 0.168. The number of carbonyl (C=O) groups excluding carboxylic acids is 1. The molecule has 0 spiro atoms. The van der Waals surface area contributed by atoms with E-state index in [1.165, 1.54) is 12.8 Å². The summed E-state index contributed by atoms with van der Waals surface area (Å²) in [5, 5.41) is 6.67. The zero-order valence-electron chi connectivity index (χ0n) is 14.4. The molecular formula is C19H28N2O3. The first-order chi connectivity index (χ1) is 11.7. The van der Waals surface area contributed by atoms with Crippen molar-refractivity contribution in [2.45, 2.75) is 50.7 Å². The van der Waals surface area contributed by atoms with Crippen LogP contribution in [-0.2, 0) is 16.1 Å². The van der Waals surface area contributed by atoms with Crippen molar-refractivity contribution >= 4 is 5.91 Å². The molecule has 5 heteroatoms. The Morgan fingerprint density at radius 3 is 2.54 bits per heavy atom. The lowest BCUT2D eigenvalue weighted by Crippen LogP contribution is -2.39. The average Bonchev–Trinajstić information content (AvgIpc) is 2.93. The van der Waals surface area contributed by atoms with Gasteiger partial charge in [0.2, 0.25) is 5.91 Å². The van der Waals surface area contributed by atoms with Crippen molar-refractivity contribution in [3.8, 4) is 5.75 Å². The Balaban J connectivity index is 1.38. The second-order valence-electron chi connectivity index (χ2n) is 6.94. The zero-order valence-corrected chi connectivity index (χ0v) is 14.4. The molecule has 2 fully saturated rings. The number of hydrogen-bond acceptors (Lipinski definition) is 4. The molecule has 2 unspecified atom stereocenters. The van der Waals surface area contributed by atoms with Gasteiger partial charge in [-0.25, -0.2) is 0 Å². The highest BCUT2D eigenvalue weighted by atomic mass is 16.5. The summed E-state index contributed by atoms with van der Waals surface area (Å²) in [6.07, 6.45) is 5.52. The van der Waals surface area contributed by atoms with Gasteiger partial charge in [-0.15, -0.1) is 0 Å². The van der Waals surface area contributed by atoms with Gasteiger partial charge in [-0.2, -0.15) is 0 Å². The van der Waals surface area contributed by atoms with E-state index in [4.69, 9.17) is 9.47 Å². The van der Waals surface area contributed by atoms with E-state index in [0.29, 0.717) is 44.2 Å². The summed E-state index contributed by atoms with van der Waals surface area (Å²) in [6.45, 7) is 1.70. The van der Waals surface area contributed by atoms with Crippen molar-refractivity contribution < 1.29 is 14.3 Å². The van der Waals surface area contributed by atoms with Crippen molar-refractivity contribution in [3.63, 3.8) is 0 Å². The minimum absolute atomic E-state index is 0.168. The fourth-order valence-electron chi connectivity index (χ4n) is 3.82. The lowest BCUT2D eigenvalue weighted by molar-refractivity contribution is -0.122. The first-order valence-corrected chi connectivity index (χ1v) is 8.96. The number of hydrogen-bond donors (Lipinski definition) is 2. The molecule has 2 atom stereocenters. The number of carbonyl (C=O) groups is 1. The number of methoxy groups -OCH3 is 1. The first kappa shape index (κ1) is 17.2. The van der Waals surface area contributed by atoms with Crippen molar-refractivity contribution in [1.82, 2.24) is 10.6 Å². The Kier molecular flexibility index (Phi) is 6.10. The fraction of sp³-hybridized carbons (Fsp3) is 0.632. The Hall–Kier alpha value is -1.59. The largest absolute Gasteiger partial charge is 0.491 e. The van der Waals surface area contributed by atoms with Crippen LogP contribution in [0.5, 0.6) is 5.75 Å². The van der Waals surface area contributed by atoms with E-state index in [0.717, 1.165) is 24.2 Å². The van der Waals surface area contributed by atoms with Crippen LogP contribution < -0.4 is 15.4 Å². The van der Waals surface area contributed by atoms with Crippen LogP contribution in [0.15, 0.2) is 24.3 Å². The summed E-state index contributed by atoms with van der Waals surface area (Å²) < 4.78 is 10.5. The summed E-state index contributed by atoms with van der Waals surface area (Å²) in [6, 6.07) is 9.14. The van der Waals surface area contributed by atoms with Crippen LogP contribution in [0.3, 0.4) is 0 Å². The van der Waals surface area contributed by atoms with E-state index in [2.05, 4.69) is 10.6 Å². The summed E-state index contributed by atoms with van der Waals surface area (Å²) in [5.41, 5.74) is 1.09. The molecule has 0 radical (unpaired) electrons. The van der Waals surface area contributed by atoms with Gasteiger partial charge in [-0.05, 0) is 49.3 Å². The number of benzene rings is 1. The molecule has 0 aromatic heterocycles. The smallest absolute Gasteiger partial charge is 0.220 e. The van der Waals surface area contributed by atoms with Crippen molar-refractivity contribution in [2.75, 3.05) is 20.3 Å². The molecule has 0 aliphatic carbocycles. The van der Waals surface area contributed by atoms with Crippen molar-refractivity contribution in [3.05, 3.63) is 29.8 Å². The van der Waals surface area contributed by atoms with Gasteiger partial charge in [0.05, 0.1) is 6.61 Å². The molecule has 2 N–H and O–H groups in total. The molecule has 132 valence electrons. The monoisotopic (exact) mass is 332 g/mol. The van der Waals surface area contributed by atoms with Crippen LogP contribution in [0.2, 0.25) is 0 Å². The lowest BCUT2D eigenvalue weighted by atomic mass is 9.89. The Morgan fingerprint density at radius 2 is 1.88 bits per heavy atom. The molecule has 0 saturated carbocycles. The number of ether oxygens (including phenoxy) is 2. The van der Waals surface area contributed by atoms with Gasteiger partial charge in [0.1, 0.15) is 12.4 Å². The van der Waals surface area contributed by atoms with E-state index in [1.807, 2.05) is 24.3 Å². The van der Waals surface area contributed by atoms with Crippen LogP contribution in [0.25, 0.3) is 0 Å². The fourth-order valence-corrected chi connectivity index (χ4v) is 3.82. The quantitative estimate of drug-likeness (QED) is 0.717. The number of fused-ring (bicyclic) bond motifs is 2. The molecule has 1 aromatic carbocycles. The van der Waals surface area contributed by atoms with E-state index in [1.54, 1.807) is 7.11 Å². The molecule has 24 heavy (non-hydrogen) atoms. The Labute approximate surface area is 144 Å². The van der Waals surface area contributed by atoms with Gasteiger partial charge in [0.25, 0.3) is 0 Å². The summed E-state index contributed by atoms with van der Waals surface area (Å²) >= 11 is 0. The maximum absolute atomic E-state index is 12.2. The molecule has 2 saturated heterocycles. The average molecular weight is 332 g/mol. The lowest BCUT2D eigenvalue weighted by Gasteiger charge is -2.28. The Bertz CT molecular complexity index is 520. The van der Waals surface area contributed by atoms with Crippen LogP contribution in [0, 0.1) is 5.92 Å². The molecule has 5 nitrogen and oxygen atoms in total. The molecule has 2 heterocycles. The Morgan fingerprint density at radius 1 is 1.17 bits per heavy atom. The van der Waals surface area contributed by atoms with E-state index < -0.39 is 0 Å². The zero-order chi connectivity index (χ0) is 16.8. The molecule has 2 aliphatic rings. The van der Waals surface area contributed by atoms with Gasteiger partial charge in [-0.3, -0.25) is 4.79 Å². The van der Waals surface area contributed by atoms with Crippen LogP contribution in [-0.4, -0.2) is 38.3 Å². The third-order valence-electron chi connectivity index (χ3n) is 5.01. The third kappa shape index (κ3) is 4.95. The van der Waals surface area contributed by atoms with Crippen LogP contribution in [0.4, 0.5) is 0 Å². The van der Waals surface area contributed by atoms with Crippen LogP contribution in [0.1, 0.15) is 37.7 Å². The number of nitrogens with one attached hydrogen (secondary N) is 2. The maximum atomic E-state index is 12.2. The van der Waals surface area contributed by atoms with Crippen molar-refractivity contribution in [1.29, 1.82) is 0 Å². The molecule has 1 aromatic rings. The predicted octanol–water partition coefficient (Wildman–Crippen LogP) is 2.25. The second kappa shape index (κ2) is 8.49. The first-order valence-electron chi connectivity index (χ1n) is 8.96. The summed E-state index contributed by atoms with van der Waals surface area (Å²) in [7, 11) is 1.66. The molecular weight excluding hydrogens is 304 g/mol. The minimum Gasteiger partial charge on any atom is -0.491 e. The van der Waals surface area contributed by atoms with Gasteiger partial charge in [-0.1, -0.05) is 12.1 Å². The number of piperidine rings is 1. The third-order valence-corrected chi connectivity index (χ3v) is 5.01. The predicted molar refractivity (Wildman–Crippen MR) is 92.9 cm³/mol.